The summed E-state index contributed by atoms with van der Waals surface area (Å²) in [5.74, 6) is 0.975. The monoisotopic (exact) mass is 295 g/mol. The maximum absolute atomic E-state index is 12.5. The Morgan fingerprint density at radius 1 is 1.23 bits per heavy atom. The average molecular weight is 295 g/mol. The van der Waals surface area contributed by atoms with Crippen LogP contribution < -0.4 is 0 Å². The van der Waals surface area contributed by atoms with Crippen LogP contribution in [0.1, 0.15) is 56.7 Å². The van der Waals surface area contributed by atoms with Crippen LogP contribution in [0.15, 0.2) is 30.9 Å². The molecule has 1 aliphatic carbocycles. The second-order valence-electron chi connectivity index (χ2n) is 6.59. The molecule has 3 heterocycles. The van der Waals surface area contributed by atoms with Crippen molar-refractivity contribution in [2.45, 2.75) is 51.0 Å². The Morgan fingerprint density at radius 3 is 2.95 bits per heavy atom. The third kappa shape index (κ3) is 2.36. The number of carbonyl (C=O) groups is 1. The van der Waals surface area contributed by atoms with Crippen LogP contribution in [0, 0.1) is 5.92 Å². The molecule has 2 aliphatic rings. The number of fused-ring (bicyclic) bond motifs is 3. The van der Waals surface area contributed by atoms with Crippen LogP contribution >= 0.6 is 0 Å². The number of carbonyl (C=O) groups excluding carboxylic acids is 1. The van der Waals surface area contributed by atoms with Gasteiger partial charge >= 0.3 is 0 Å². The van der Waals surface area contributed by atoms with E-state index in [9.17, 15) is 4.79 Å². The first-order valence-corrected chi connectivity index (χ1v) is 8.32. The van der Waals surface area contributed by atoms with Crippen molar-refractivity contribution in [3.63, 3.8) is 0 Å². The van der Waals surface area contributed by atoms with Gasteiger partial charge < -0.3 is 4.57 Å². The molecule has 1 fully saturated rings. The maximum atomic E-state index is 12.5. The number of pyridine rings is 1. The molecule has 0 saturated heterocycles. The molecule has 0 unspecified atom stereocenters. The Kier molecular flexibility index (Phi) is 3.53. The summed E-state index contributed by atoms with van der Waals surface area (Å²) in [7, 11) is 0. The minimum atomic E-state index is 0.0322. The lowest BCUT2D eigenvalue weighted by molar-refractivity contribution is -0.120. The van der Waals surface area contributed by atoms with E-state index in [0.29, 0.717) is 18.1 Å². The number of rotatable bonds is 4. The van der Waals surface area contributed by atoms with Crippen LogP contribution in [-0.4, -0.2) is 20.3 Å². The number of aromatic nitrogens is 3. The molecule has 2 aromatic rings. The van der Waals surface area contributed by atoms with E-state index in [1.165, 1.54) is 32.1 Å². The fourth-order valence-corrected chi connectivity index (χ4v) is 4.00. The lowest BCUT2D eigenvalue weighted by Gasteiger charge is -2.21. The lowest BCUT2D eigenvalue weighted by Crippen LogP contribution is -2.16. The fourth-order valence-electron chi connectivity index (χ4n) is 4.00. The zero-order valence-electron chi connectivity index (χ0n) is 12.7. The van der Waals surface area contributed by atoms with E-state index in [0.717, 1.165) is 23.4 Å². The molecule has 1 aliphatic heterocycles. The highest BCUT2D eigenvalue weighted by molar-refractivity contribution is 5.81. The van der Waals surface area contributed by atoms with E-state index < -0.39 is 0 Å². The van der Waals surface area contributed by atoms with Crippen LogP contribution in [-0.2, 0) is 4.79 Å². The van der Waals surface area contributed by atoms with Crippen LogP contribution in [0.2, 0.25) is 0 Å². The summed E-state index contributed by atoms with van der Waals surface area (Å²) in [6, 6.07) is 4.05. The molecule has 0 spiro atoms. The van der Waals surface area contributed by atoms with Crippen molar-refractivity contribution in [2.24, 2.45) is 5.92 Å². The highest BCUT2D eigenvalue weighted by Crippen LogP contribution is 2.40. The molecular formula is C18H21N3O. The van der Waals surface area contributed by atoms with Gasteiger partial charge in [-0.1, -0.05) is 32.1 Å². The van der Waals surface area contributed by atoms with Crippen LogP contribution in [0.3, 0.4) is 0 Å². The molecule has 4 nitrogen and oxygen atoms in total. The van der Waals surface area contributed by atoms with Crippen LogP contribution in [0.4, 0.5) is 0 Å². The van der Waals surface area contributed by atoms with Gasteiger partial charge in [0.2, 0.25) is 0 Å². The Labute approximate surface area is 130 Å². The molecule has 0 N–H and O–H groups in total. The standard InChI is InChI=1S/C18H21N3O/c22-14(9-13-5-2-1-3-6-13)10-16-18-15(7-4-8-20-18)17-11-19-12-21(16)17/h4,7-8,11-13,16H,1-3,5-6,9-10H2/t16-/m0/s1. The third-order valence-electron chi connectivity index (χ3n) is 5.09. The minimum absolute atomic E-state index is 0.0322. The number of imidazole rings is 1. The Hall–Kier alpha value is -1.97. The molecule has 0 bridgehead atoms. The zero-order chi connectivity index (χ0) is 14.9. The van der Waals surface area contributed by atoms with Gasteiger partial charge in [-0.3, -0.25) is 9.78 Å². The van der Waals surface area contributed by atoms with Crippen LogP contribution in [0.25, 0.3) is 11.3 Å². The SMILES string of the molecule is O=C(CC1CCCCC1)C[C@H]1c2ncccc2-c2cncn21. The van der Waals surface area contributed by atoms with E-state index >= 15 is 0 Å². The van der Waals surface area contributed by atoms with E-state index in [1.807, 2.05) is 24.8 Å². The minimum Gasteiger partial charge on any atom is -0.321 e. The van der Waals surface area contributed by atoms with Crippen molar-refractivity contribution < 1.29 is 4.79 Å². The summed E-state index contributed by atoms with van der Waals surface area (Å²) in [5.41, 5.74) is 3.23. The second kappa shape index (κ2) is 5.67. The molecule has 114 valence electrons. The predicted octanol–water partition coefficient (Wildman–Crippen LogP) is 3.78. The van der Waals surface area contributed by atoms with Gasteiger partial charge in [0.1, 0.15) is 5.78 Å². The van der Waals surface area contributed by atoms with E-state index in [1.54, 1.807) is 0 Å². The number of hydrogen-bond donors (Lipinski definition) is 0. The van der Waals surface area contributed by atoms with Crippen molar-refractivity contribution in [1.82, 2.24) is 14.5 Å². The number of nitrogens with zero attached hydrogens (tertiary/aromatic N) is 3. The fraction of sp³-hybridized carbons (Fsp3) is 0.500. The normalized spacial score (nSPS) is 20.6. The average Bonchev–Trinajstić information content (AvgIpc) is 3.12. The second-order valence-corrected chi connectivity index (χ2v) is 6.59. The number of hydrogen-bond acceptors (Lipinski definition) is 3. The zero-order valence-corrected chi connectivity index (χ0v) is 12.7. The first-order chi connectivity index (χ1) is 10.8. The smallest absolute Gasteiger partial charge is 0.135 e. The van der Waals surface area contributed by atoms with Crippen molar-refractivity contribution in [2.75, 3.05) is 0 Å². The third-order valence-corrected chi connectivity index (χ3v) is 5.09. The summed E-state index contributed by atoms with van der Waals surface area (Å²) in [6.07, 6.45) is 13.2. The first kappa shape index (κ1) is 13.7. The Bertz CT molecular complexity index is 685. The summed E-state index contributed by atoms with van der Waals surface area (Å²) < 4.78 is 2.11. The van der Waals surface area contributed by atoms with E-state index in [2.05, 4.69) is 20.6 Å². The molecule has 1 atom stereocenters. The summed E-state index contributed by atoms with van der Waals surface area (Å²) in [6.45, 7) is 0. The number of Topliss-reactive ketones (excluding diaryl/α,β-unsaturated/α-hetero) is 1. The van der Waals surface area contributed by atoms with Gasteiger partial charge in [0, 0.05) is 24.6 Å². The van der Waals surface area contributed by atoms with E-state index in [4.69, 9.17) is 0 Å². The molecule has 0 aromatic carbocycles. The van der Waals surface area contributed by atoms with Crippen LogP contribution in [0.5, 0.6) is 0 Å². The Balaban J connectivity index is 1.52. The summed E-state index contributed by atoms with van der Waals surface area (Å²) >= 11 is 0. The molecule has 4 rings (SSSR count). The Morgan fingerprint density at radius 2 is 2.09 bits per heavy atom. The quantitative estimate of drug-likeness (QED) is 0.862. The molecule has 1 saturated carbocycles. The van der Waals surface area contributed by atoms with Crippen molar-refractivity contribution in [3.8, 4) is 11.3 Å². The molecule has 4 heteroatoms. The summed E-state index contributed by atoms with van der Waals surface area (Å²) in [4.78, 5) is 21.3. The van der Waals surface area contributed by atoms with Gasteiger partial charge in [-0.25, -0.2) is 4.98 Å². The van der Waals surface area contributed by atoms with Gasteiger partial charge in [-0.15, -0.1) is 0 Å². The van der Waals surface area contributed by atoms with Crippen molar-refractivity contribution >= 4 is 5.78 Å². The lowest BCUT2D eigenvalue weighted by atomic mass is 9.85. The molecular weight excluding hydrogens is 274 g/mol. The molecule has 0 amide bonds. The summed E-state index contributed by atoms with van der Waals surface area (Å²) in [5, 5.41) is 0. The van der Waals surface area contributed by atoms with Crippen molar-refractivity contribution in [1.29, 1.82) is 0 Å². The maximum Gasteiger partial charge on any atom is 0.135 e. The van der Waals surface area contributed by atoms with Gasteiger partial charge in [0.25, 0.3) is 0 Å². The topological polar surface area (TPSA) is 47.8 Å². The van der Waals surface area contributed by atoms with Gasteiger partial charge in [-0.05, 0) is 18.1 Å². The molecule has 22 heavy (non-hydrogen) atoms. The van der Waals surface area contributed by atoms with Crippen molar-refractivity contribution in [3.05, 3.63) is 36.5 Å². The molecule has 0 radical (unpaired) electrons. The molecule has 2 aromatic heterocycles. The van der Waals surface area contributed by atoms with Gasteiger partial charge in [0.15, 0.2) is 0 Å². The predicted molar refractivity (Wildman–Crippen MR) is 84.4 cm³/mol. The highest BCUT2D eigenvalue weighted by atomic mass is 16.1. The largest absolute Gasteiger partial charge is 0.321 e. The van der Waals surface area contributed by atoms with E-state index in [-0.39, 0.29) is 6.04 Å². The van der Waals surface area contributed by atoms with Gasteiger partial charge in [-0.2, -0.15) is 0 Å². The highest BCUT2D eigenvalue weighted by Gasteiger charge is 2.31. The van der Waals surface area contributed by atoms with Gasteiger partial charge in [0.05, 0.1) is 30.0 Å². The number of ketones is 1. The first-order valence-electron chi connectivity index (χ1n) is 8.32.